The van der Waals surface area contributed by atoms with Crippen molar-refractivity contribution in [3.8, 4) is 0 Å². The molecule has 0 aliphatic heterocycles. The first-order valence-corrected chi connectivity index (χ1v) is 5.73. The van der Waals surface area contributed by atoms with Gasteiger partial charge >= 0.3 is 5.97 Å². The summed E-state index contributed by atoms with van der Waals surface area (Å²) in [7, 11) is 3.20. The van der Waals surface area contributed by atoms with Crippen LogP contribution in [0.25, 0.3) is 0 Å². The van der Waals surface area contributed by atoms with E-state index in [2.05, 4.69) is 9.84 Å². The number of nitrogens with zero attached hydrogens (tertiary/aromatic N) is 2. The molecular weight excluding hydrogens is 218 g/mol. The Morgan fingerprint density at radius 2 is 2.18 bits per heavy atom. The Morgan fingerprint density at radius 1 is 1.59 bits per heavy atom. The number of nitrogens with two attached hydrogens (primary N) is 1. The number of esters is 1. The lowest BCUT2D eigenvalue weighted by Gasteiger charge is -2.30. The smallest absolute Gasteiger partial charge is 0.358 e. The van der Waals surface area contributed by atoms with Crippen molar-refractivity contribution in [1.29, 1.82) is 0 Å². The van der Waals surface area contributed by atoms with Crippen molar-refractivity contribution >= 4 is 5.97 Å². The van der Waals surface area contributed by atoms with Gasteiger partial charge in [0.15, 0.2) is 5.69 Å². The third-order valence-corrected chi connectivity index (χ3v) is 3.75. The number of carbonyl (C=O) groups excluding carboxylic acids is 1. The zero-order valence-electron chi connectivity index (χ0n) is 10.8. The largest absolute Gasteiger partial charge is 0.464 e. The molecule has 1 heterocycles. The Kier molecular flexibility index (Phi) is 2.54. The van der Waals surface area contributed by atoms with Gasteiger partial charge in [-0.05, 0) is 32.8 Å². The third-order valence-electron chi connectivity index (χ3n) is 3.75. The van der Waals surface area contributed by atoms with E-state index in [1.165, 1.54) is 7.11 Å². The van der Waals surface area contributed by atoms with E-state index in [9.17, 15) is 4.79 Å². The van der Waals surface area contributed by atoms with Crippen LogP contribution in [0.5, 0.6) is 0 Å². The van der Waals surface area contributed by atoms with Crippen LogP contribution in [0.4, 0.5) is 0 Å². The first-order valence-electron chi connectivity index (χ1n) is 5.73. The molecular formula is C12H19N3O2. The van der Waals surface area contributed by atoms with E-state index < -0.39 is 5.97 Å². The molecule has 0 saturated heterocycles. The van der Waals surface area contributed by atoms with E-state index in [4.69, 9.17) is 5.73 Å². The Labute approximate surface area is 101 Å². The second kappa shape index (κ2) is 3.57. The van der Waals surface area contributed by atoms with Gasteiger partial charge in [-0.1, -0.05) is 0 Å². The van der Waals surface area contributed by atoms with Gasteiger partial charge in [0.1, 0.15) is 0 Å². The van der Waals surface area contributed by atoms with Gasteiger partial charge in [0, 0.05) is 23.7 Å². The molecule has 1 aromatic rings. The first kappa shape index (κ1) is 12.1. The predicted molar refractivity (Wildman–Crippen MR) is 63.7 cm³/mol. The summed E-state index contributed by atoms with van der Waals surface area (Å²) in [6.45, 7) is 4.04. The molecule has 5 heteroatoms. The van der Waals surface area contributed by atoms with Crippen molar-refractivity contribution in [2.75, 3.05) is 7.11 Å². The molecule has 2 N–H and O–H groups in total. The second-order valence-electron chi connectivity index (χ2n) is 5.33. The minimum Gasteiger partial charge on any atom is -0.464 e. The summed E-state index contributed by atoms with van der Waals surface area (Å²) >= 11 is 0. The minimum atomic E-state index is -0.405. The monoisotopic (exact) mass is 237 g/mol. The van der Waals surface area contributed by atoms with Gasteiger partial charge in [0.05, 0.1) is 7.11 Å². The van der Waals surface area contributed by atoms with Crippen LogP contribution in [0.1, 0.15) is 42.9 Å². The van der Waals surface area contributed by atoms with E-state index in [-0.39, 0.29) is 11.0 Å². The van der Waals surface area contributed by atoms with Gasteiger partial charge in [-0.3, -0.25) is 4.68 Å². The van der Waals surface area contributed by atoms with Crippen LogP contribution in [-0.4, -0.2) is 28.4 Å². The molecule has 1 aliphatic rings. The Hall–Kier alpha value is -1.36. The van der Waals surface area contributed by atoms with Crippen LogP contribution in [0.15, 0.2) is 6.07 Å². The molecule has 2 rings (SSSR count). The van der Waals surface area contributed by atoms with E-state index in [1.807, 2.05) is 20.9 Å². The van der Waals surface area contributed by atoms with Crippen LogP contribution >= 0.6 is 0 Å². The van der Waals surface area contributed by atoms with Gasteiger partial charge in [-0.25, -0.2) is 4.79 Å². The summed E-state index contributed by atoms with van der Waals surface area (Å²) in [4.78, 5) is 11.4. The zero-order valence-corrected chi connectivity index (χ0v) is 10.8. The summed E-state index contributed by atoms with van der Waals surface area (Å²) in [6, 6.07) is 1.80. The molecule has 0 atom stereocenters. The quantitative estimate of drug-likeness (QED) is 0.795. The van der Waals surface area contributed by atoms with Crippen LogP contribution in [0.2, 0.25) is 0 Å². The van der Waals surface area contributed by atoms with Crippen LogP contribution in [0.3, 0.4) is 0 Å². The standard InChI is InChI=1S/C12H19N3O2/c1-11(2,13)12(5-6-12)9-7-8(10(16)17-4)14-15(9)3/h7H,5-6,13H2,1-4H3. The lowest BCUT2D eigenvalue weighted by Crippen LogP contribution is -2.46. The van der Waals surface area contributed by atoms with Crippen molar-refractivity contribution in [3.05, 3.63) is 17.5 Å². The average molecular weight is 237 g/mol. The molecule has 94 valence electrons. The summed E-state index contributed by atoms with van der Waals surface area (Å²) in [6.07, 6.45) is 2.08. The fraction of sp³-hybridized carbons (Fsp3) is 0.667. The lowest BCUT2D eigenvalue weighted by molar-refractivity contribution is 0.0593. The summed E-state index contributed by atoms with van der Waals surface area (Å²) < 4.78 is 6.42. The normalized spacial score (nSPS) is 17.9. The molecule has 0 aromatic carbocycles. The number of hydrogen-bond acceptors (Lipinski definition) is 4. The molecule has 0 bridgehead atoms. The number of carbonyl (C=O) groups is 1. The topological polar surface area (TPSA) is 70.1 Å². The molecule has 1 aromatic heterocycles. The van der Waals surface area contributed by atoms with Gasteiger partial charge in [0.25, 0.3) is 0 Å². The maximum atomic E-state index is 11.4. The summed E-state index contributed by atoms with van der Waals surface area (Å²) in [5, 5.41) is 4.19. The fourth-order valence-electron chi connectivity index (χ4n) is 2.48. The number of rotatable bonds is 3. The summed E-state index contributed by atoms with van der Waals surface area (Å²) in [5.74, 6) is -0.405. The average Bonchev–Trinajstić information content (AvgIpc) is 2.96. The van der Waals surface area contributed by atoms with Gasteiger partial charge in [0.2, 0.25) is 0 Å². The van der Waals surface area contributed by atoms with E-state index in [1.54, 1.807) is 10.7 Å². The highest BCUT2D eigenvalue weighted by molar-refractivity contribution is 5.87. The van der Waals surface area contributed by atoms with Crippen molar-refractivity contribution in [2.45, 2.75) is 37.6 Å². The highest BCUT2D eigenvalue weighted by Crippen LogP contribution is 2.54. The Balaban J connectivity index is 2.41. The number of methoxy groups -OCH3 is 1. The molecule has 0 spiro atoms. The number of aryl methyl sites for hydroxylation is 1. The molecule has 1 aliphatic carbocycles. The minimum absolute atomic E-state index is 0.0545. The van der Waals surface area contributed by atoms with Crippen molar-refractivity contribution in [2.24, 2.45) is 12.8 Å². The van der Waals surface area contributed by atoms with Crippen molar-refractivity contribution < 1.29 is 9.53 Å². The lowest BCUT2D eigenvalue weighted by atomic mass is 9.82. The Morgan fingerprint density at radius 3 is 2.59 bits per heavy atom. The van der Waals surface area contributed by atoms with Crippen LogP contribution in [-0.2, 0) is 17.2 Å². The molecule has 1 fully saturated rings. The maximum Gasteiger partial charge on any atom is 0.358 e. The van der Waals surface area contributed by atoms with E-state index in [0.717, 1.165) is 18.5 Å². The molecule has 0 radical (unpaired) electrons. The zero-order chi connectivity index (χ0) is 12.8. The molecule has 0 amide bonds. The highest BCUT2D eigenvalue weighted by atomic mass is 16.5. The Bertz CT molecular complexity index is 453. The van der Waals surface area contributed by atoms with Crippen molar-refractivity contribution in [3.63, 3.8) is 0 Å². The molecule has 0 unspecified atom stereocenters. The molecule has 5 nitrogen and oxygen atoms in total. The first-order chi connectivity index (χ1) is 7.82. The van der Waals surface area contributed by atoms with Crippen LogP contribution < -0.4 is 5.73 Å². The highest BCUT2D eigenvalue weighted by Gasteiger charge is 2.55. The second-order valence-corrected chi connectivity index (χ2v) is 5.33. The number of aromatic nitrogens is 2. The van der Waals surface area contributed by atoms with E-state index in [0.29, 0.717) is 5.69 Å². The summed E-state index contributed by atoms with van der Waals surface area (Å²) in [5.41, 5.74) is 7.24. The predicted octanol–water partition coefficient (Wildman–Crippen LogP) is 0.976. The maximum absolute atomic E-state index is 11.4. The van der Waals surface area contributed by atoms with E-state index >= 15 is 0 Å². The third kappa shape index (κ3) is 1.74. The van der Waals surface area contributed by atoms with Gasteiger partial charge in [-0.2, -0.15) is 5.10 Å². The number of hydrogen-bond donors (Lipinski definition) is 1. The SMILES string of the molecule is COC(=O)c1cc(C2(C(C)(C)N)CC2)n(C)n1. The van der Waals surface area contributed by atoms with Crippen molar-refractivity contribution in [1.82, 2.24) is 9.78 Å². The van der Waals surface area contributed by atoms with Gasteiger partial charge < -0.3 is 10.5 Å². The van der Waals surface area contributed by atoms with Gasteiger partial charge in [-0.15, -0.1) is 0 Å². The fourth-order valence-corrected chi connectivity index (χ4v) is 2.48. The molecule has 1 saturated carbocycles. The number of ether oxygens (including phenoxy) is 1. The molecule has 17 heavy (non-hydrogen) atoms. The van der Waals surface area contributed by atoms with Crippen LogP contribution in [0, 0.1) is 0 Å².